The van der Waals surface area contributed by atoms with Crippen molar-refractivity contribution in [2.24, 2.45) is 5.84 Å². The molecule has 0 saturated heterocycles. The van der Waals surface area contributed by atoms with Gasteiger partial charge in [0.25, 0.3) is 0 Å². The molecule has 3 N–H and O–H groups in total. The molecule has 0 aliphatic carbocycles. The van der Waals surface area contributed by atoms with Gasteiger partial charge in [0.05, 0.1) is 16.1 Å². The highest BCUT2D eigenvalue weighted by molar-refractivity contribution is 9.10. The molecule has 1 atom stereocenters. The van der Waals surface area contributed by atoms with E-state index in [0.29, 0.717) is 10.0 Å². The van der Waals surface area contributed by atoms with Gasteiger partial charge in [0.1, 0.15) is 0 Å². The zero-order valence-electron chi connectivity index (χ0n) is 8.58. The molecular formula is C11H9BrCl2N2S. The lowest BCUT2D eigenvalue weighted by Gasteiger charge is -2.16. The Morgan fingerprint density at radius 3 is 2.71 bits per heavy atom. The highest BCUT2D eigenvalue weighted by atomic mass is 79.9. The summed E-state index contributed by atoms with van der Waals surface area (Å²) in [6.45, 7) is 0. The van der Waals surface area contributed by atoms with Crippen LogP contribution in [0, 0.1) is 0 Å². The molecule has 0 fully saturated rings. The number of nitrogens with two attached hydrogens (primary N) is 1. The summed E-state index contributed by atoms with van der Waals surface area (Å²) < 4.78 is 1.02. The second-order valence-corrected chi connectivity index (χ2v) is 6.05. The van der Waals surface area contributed by atoms with Gasteiger partial charge in [-0.25, -0.2) is 5.43 Å². The monoisotopic (exact) mass is 350 g/mol. The van der Waals surface area contributed by atoms with Gasteiger partial charge in [-0.2, -0.15) is 0 Å². The average Bonchev–Trinajstić information content (AvgIpc) is 2.72. The summed E-state index contributed by atoms with van der Waals surface area (Å²) >= 11 is 17.2. The van der Waals surface area contributed by atoms with E-state index in [-0.39, 0.29) is 6.04 Å². The van der Waals surface area contributed by atoms with Crippen LogP contribution in [-0.4, -0.2) is 0 Å². The third-order valence-corrected chi connectivity index (χ3v) is 4.92. The number of hydrogen-bond acceptors (Lipinski definition) is 3. The molecule has 0 bridgehead atoms. The van der Waals surface area contributed by atoms with Gasteiger partial charge in [-0.05, 0) is 33.6 Å². The van der Waals surface area contributed by atoms with E-state index < -0.39 is 0 Å². The van der Waals surface area contributed by atoms with Crippen LogP contribution in [0.5, 0.6) is 0 Å². The fourth-order valence-electron chi connectivity index (χ4n) is 1.55. The van der Waals surface area contributed by atoms with Gasteiger partial charge in [-0.1, -0.05) is 35.3 Å². The topological polar surface area (TPSA) is 38.0 Å². The van der Waals surface area contributed by atoms with E-state index in [4.69, 9.17) is 29.0 Å². The Hall–Kier alpha value is -0.100. The molecule has 1 aromatic heterocycles. The smallest absolute Gasteiger partial charge is 0.0817 e. The Kier molecular flexibility index (Phi) is 4.47. The molecule has 0 radical (unpaired) electrons. The van der Waals surface area contributed by atoms with Crippen LogP contribution in [0.4, 0.5) is 0 Å². The molecule has 0 aliphatic heterocycles. The number of thiophene rings is 1. The molecule has 2 aromatic rings. The van der Waals surface area contributed by atoms with Crippen molar-refractivity contribution < 1.29 is 0 Å². The van der Waals surface area contributed by atoms with Gasteiger partial charge < -0.3 is 0 Å². The first kappa shape index (κ1) is 13.3. The van der Waals surface area contributed by atoms with Crippen molar-refractivity contribution in [1.29, 1.82) is 0 Å². The molecule has 0 saturated carbocycles. The SMILES string of the molecule is NNC(c1cc(Br)cs1)c1cccc(Cl)c1Cl. The van der Waals surface area contributed by atoms with Gasteiger partial charge in [0.15, 0.2) is 0 Å². The van der Waals surface area contributed by atoms with Gasteiger partial charge in [0, 0.05) is 14.7 Å². The van der Waals surface area contributed by atoms with E-state index in [0.717, 1.165) is 14.9 Å². The Bertz CT molecular complexity index is 530. The maximum Gasteiger partial charge on any atom is 0.0817 e. The predicted octanol–water partition coefficient (Wildman–Crippen LogP) is 4.37. The molecule has 2 rings (SSSR count). The number of hydrazine groups is 1. The minimum absolute atomic E-state index is 0.155. The first-order chi connectivity index (χ1) is 8.13. The summed E-state index contributed by atoms with van der Waals surface area (Å²) in [4.78, 5) is 1.07. The number of halogens is 3. The largest absolute Gasteiger partial charge is 0.271 e. The second kappa shape index (κ2) is 5.69. The van der Waals surface area contributed by atoms with Gasteiger partial charge >= 0.3 is 0 Å². The Morgan fingerprint density at radius 2 is 2.12 bits per heavy atom. The van der Waals surface area contributed by atoms with Crippen molar-refractivity contribution in [3.8, 4) is 0 Å². The zero-order chi connectivity index (χ0) is 12.4. The van der Waals surface area contributed by atoms with Crippen molar-refractivity contribution in [3.05, 3.63) is 54.6 Å². The Balaban J connectivity index is 2.45. The van der Waals surface area contributed by atoms with Crippen molar-refractivity contribution >= 4 is 50.5 Å². The van der Waals surface area contributed by atoms with E-state index in [1.165, 1.54) is 0 Å². The van der Waals surface area contributed by atoms with Crippen LogP contribution in [0.2, 0.25) is 10.0 Å². The van der Waals surface area contributed by atoms with E-state index in [9.17, 15) is 0 Å². The second-order valence-electron chi connectivity index (χ2n) is 3.41. The quantitative estimate of drug-likeness (QED) is 0.636. The minimum atomic E-state index is -0.155. The number of nitrogens with one attached hydrogen (secondary N) is 1. The van der Waals surface area contributed by atoms with Crippen LogP contribution >= 0.6 is 50.5 Å². The molecule has 0 aliphatic rings. The summed E-state index contributed by atoms with van der Waals surface area (Å²) in [5, 5.41) is 3.06. The van der Waals surface area contributed by atoms with Crippen molar-refractivity contribution in [2.45, 2.75) is 6.04 Å². The first-order valence-electron chi connectivity index (χ1n) is 4.77. The molecule has 0 amide bonds. The molecule has 0 spiro atoms. The van der Waals surface area contributed by atoms with Crippen LogP contribution in [0.15, 0.2) is 34.1 Å². The van der Waals surface area contributed by atoms with E-state index >= 15 is 0 Å². The van der Waals surface area contributed by atoms with E-state index in [1.807, 2.05) is 23.6 Å². The van der Waals surface area contributed by atoms with Crippen molar-refractivity contribution in [2.75, 3.05) is 0 Å². The molecule has 17 heavy (non-hydrogen) atoms. The number of hydrogen-bond donors (Lipinski definition) is 2. The number of benzene rings is 1. The van der Waals surface area contributed by atoms with Crippen molar-refractivity contribution in [1.82, 2.24) is 5.43 Å². The van der Waals surface area contributed by atoms with Crippen LogP contribution in [-0.2, 0) is 0 Å². The summed E-state index contributed by atoms with van der Waals surface area (Å²) in [7, 11) is 0. The lowest BCUT2D eigenvalue weighted by Crippen LogP contribution is -2.28. The highest BCUT2D eigenvalue weighted by Crippen LogP contribution is 2.35. The predicted molar refractivity (Wildman–Crippen MR) is 77.6 cm³/mol. The van der Waals surface area contributed by atoms with Gasteiger partial charge in [-0.3, -0.25) is 5.84 Å². The zero-order valence-corrected chi connectivity index (χ0v) is 12.5. The van der Waals surface area contributed by atoms with Crippen molar-refractivity contribution in [3.63, 3.8) is 0 Å². The summed E-state index contributed by atoms with van der Waals surface area (Å²) in [6, 6.07) is 7.37. The first-order valence-corrected chi connectivity index (χ1v) is 7.20. The summed E-state index contributed by atoms with van der Waals surface area (Å²) in [5.41, 5.74) is 3.63. The van der Waals surface area contributed by atoms with Gasteiger partial charge in [-0.15, -0.1) is 11.3 Å². The maximum atomic E-state index is 6.19. The minimum Gasteiger partial charge on any atom is -0.271 e. The fourth-order valence-corrected chi connectivity index (χ4v) is 3.49. The highest BCUT2D eigenvalue weighted by Gasteiger charge is 2.18. The fraction of sp³-hybridized carbons (Fsp3) is 0.0909. The van der Waals surface area contributed by atoms with Gasteiger partial charge in [0.2, 0.25) is 0 Å². The maximum absolute atomic E-state index is 6.19. The lowest BCUT2D eigenvalue weighted by atomic mass is 10.1. The standard InChI is InChI=1S/C11H9BrCl2N2S/c12-6-4-9(17-5-6)11(16-15)7-2-1-3-8(13)10(7)14/h1-5,11,16H,15H2. The van der Waals surface area contributed by atoms with Crippen LogP contribution < -0.4 is 11.3 Å². The molecule has 90 valence electrons. The van der Waals surface area contributed by atoms with E-state index in [1.54, 1.807) is 17.4 Å². The molecule has 1 aromatic carbocycles. The third kappa shape index (κ3) is 2.84. The summed E-state index contributed by atoms with van der Waals surface area (Å²) in [6.07, 6.45) is 0. The molecule has 2 nitrogen and oxygen atoms in total. The van der Waals surface area contributed by atoms with E-state index in [2.05, 4.69) is 21.4 Å². The third-order valence-electron chi connectivity index (χ3n) is 2.33. The normalized spacial score (nSPS) is 12.7. The number of rotatable bonds is 3. The Morgan fingerprint density at radius 1 is 1.35 bits per heavy atom. The summed E-state index contributed by atoms with van der Waals surface area (Å²) in [5.74, 6) is 5.60. The molecule has 6 heteroatoms. The average molecular weight is 352 g/mol. The lowest BCUT2D eigenvalue weighted by molar-refractivity contribution is 0.646. The van der Waals surface area contributed by atoms with Crippen LogP contribution in [0.25, 0.3) is 0 Å². The Labute approximate surface area is 122 Å². The van der Waals surface area contributed by atoms with Crippen LogP contribution in [0.1, 0.15) is 16.5 Å². The molecular weight excluding hydrogens is 343 g/mol. The molecule has 1 heterocycles. The van der Waals surface area contributed by atoms with Crippen LogP contribution in [0.3, 0.4) is 0 Å². The molecule has 1 unspecified atom stereocenters.